The topological polar surface area (TPSA) is 3.24 Å². The maximum absolute atomic E-state index is 3.18. The van der Waals surface area contributed by atoms with Gasteiger partial charge in [-0.1, -0.05) is 6.92 Å². The van der Waals surface area contributed by atoms with Crippen LogP contribution in [-0.4, -0.2) is 9.50 Å². The van der Waals surface area contributed by atoms with E-state index in [1.54, 1.807) is 2.95 Å². The second kappa shape index (κ2) is 4.09. The lowest BCUT2D eigenvalue weighted by Crippen LogP contribution is -1.94. The van der Waals surface area contributed by atoms with Crippen molar-refractivity contribution < 1.29 is 0 Å². The van der Waals surface area contributed by atoms with Crippen molar-refractivity contribution in [3.05, 3.63) is 0 Å². The predicted octanol–water partition coefficient (Wildman–Crippen LogP) is 2.32. The zero-order valence-corrected chi connectivity index (χ0v) is 6.79. The molecule has 0 heterocycles. The smallest absolute Gasteiger partial charge is 0.0239 e. The van der Waals surface area contributed by atoms with Crippen LogP contribution in [0.2, 0.25) is 0 Å². The summed E-state index contributed by atoms with van der Waals surface area (Å²) in [5, 5.41) is 0. The van der Waals surface area contributed by atoms with Crippen molar-refractivity contribution in [2.24, 2.45) is 0 Å². The summed E-state index contributed by atoms with van der Waals surface area (Å²) in [5.41, 5.74) is 0. The summed E-state index contributed by atoms with van der Waals surface area (Å²) in [6.07, 6.45) is 1.16. The molecule has 0 bridgehead atoms. The van der Waals surface area contributed by atoms with Gasteiger partial charge < -0.3 is 0 Å². The van der Waals surface area contributed by atoms with Crippen LogP contribution >= 0.6 is 32.3 Å². The van der Waals surface area contributed by atoms with Crippen LogP contribution in [0.4, 0.5) is 0 Å². The summed E-state index contributed by atoms with van der Waals surface area (Å²) in [4.78, 5) is 0. The van der Waals surface area contributed by atoms with Crippen LogP contribution in [0.5, 0.6) is 0 Å². The molecule has 0 spiro atoms. The molecule has 0 aliphatic heterocycles. The molecule has 0 amide bonds. The van der Waals surface area contributed by atoms with Crippen molar-refractivity contribution in [2.45, 2.75) is 13.3 Å². The number of hydrogen-bond donors (Lipinski definition) is 0. The molecule has 0 aromatic carbocycles. The normalized spacial score (nSPS) is 10.0. The van der Waals surface area contributed by atoms with Gasteiger partial charge in [0.1, 0.15) is 0 Å². The van der Waals surface area contributed by atoms with Gasteiger partial charge in [0.2, 0.25) is 0 Å². The number of nitrogens with zero attached hydrogens (tertiary/aromatic N) is 1. The summed E-state index contributed by atoms with van der Waals surface area (Å²) in [6.45, 7) is 3.16. The van der Waals surface area contributed by atoms with E-state index in [1.165, 1.54) is 0 Å². The van der Waals surface area contributed by atoms with Gasteiger partial charge in [-0.15, -0.1) is 0 Å². The van der Waals surface area contributed by atoms with Crippen LogP contribution in [0, 0.1) is 0 Å². The van der Waals surface area contributed by atoms with Crippen molar-refractivity contribution >= 4 is 32.3 Å². The Morgan fingerprint density at radius 3 is 2.00 bits per heavy atom. The second-order valence-electron chi connectivity index (χ2n) is 1.03. The van der Waals surface area contributed by atoms with Crippen molar-refractivity contribution in [3.63, 3.8) is 0 Å². The van der Waals surface area contributed by atoms with Crippen LogP contribution in [-0.2, 0) is 0 Å². The molecule has 0 aliphatic rings. The Hall–Kier alpha value is 0.920. The maximum Gasteiger partial charge on any atom is 0.0239 e. The van der Waals surface area contributed by atoms with Gasteiger partial charge in [-0.25, -0.2) is 0 Å². The molecule has 0 atom stereocenters. The van der Waals surface area contributed by atoms with E-state index in [0.717, 1.165) is 13.0 Å². The fourth-order valence-electron chi connectivity index (χ4n) is 0.169. The van der Waals surface area contributed by atoms with Gasteiger partial charge in [-0.3, -0.25) is 0 Å². The SMILES string of the molecule is CCCN(Br)Br. The molecule has 0 aromatic rings. The first kappa shape index (κ1) is 6.92. The van der Waals surface area contributed by atoms with Gasteiger partial charge in [0, 0.05) is 38.8 Å². The molecule has 3 heteroatoms. The molecule has 0 N–H and O–H groups in total. The summed E-state index contributed by atoms with van der Waals surface area (Å²) in [6, 6.07) is 0. The molecular weight excluding hydrogens is 210 g/mol. The molecule has 0 saturated carbocycles. The highest BCUT2D eigenvalue weighted by Crippen LogP contribution is 2.04. The van der Waals surface area contributed by atoms with Crippen LogP contribution in [0.15, 0.2) is 0 Å². The summed E-state index contributed by atoms with van der Waals surface area (Å²) in [5.74, 6) is 0. The second-order valence-corrected chi connectivity index (χ2v) is 3.69. The monoisotopic (exact) mass is 215 g/mol. The van der Waals surface area contributed by atoms with Gasteiger partial charge in [0.25, 0.3) is 0 Å². The van der Waals surface area contributed by atoms with E-state index in [-0.39, 0.29) is 0 Å². The molecule has 38 valence electrons. The molecule has 0 aromatic heterocycles. The largest absolute Gasteiger partial charge is 0.178 e. The molecule has 0 aliphatic carbocycles. The van der Waals surface area contributed by atoms with E-state index in [4.69, 9.17) is 0 Å². The minimum Gasteiger partial charge on any atom is -0.178 e. The van der Waals surface area contributed by atoms with Gasteiger partial charge >= 0.3 is 0 Å². The highest BCUT2D eigenvalue weighted by molar-refractivity contribution is 9.21. The van der Waals surface area contributed by atoms with Crippen molar-refractivity contribution in [2.75, 3.05) is 6.54 Å². The number of halogens is 2. The predicted molar refractivity (Wildman–Crippen MR) is 34.9 cm³/mol. The molecule has 0 saturated heterocycles. The van der Waals surface area contributed by atoms with E-state index in [0.29, 0.717) is 0 Å². The van der Waals surface area contributed by atoms with Crippen LogP contribution in [0.3, 0.4) is 0 Å². The number of hydrogen-bond acceptors (Lipinski definition) is 1. The van der Waals surface area contributed by atoms with Crippen LogP contribution < -0.4 is 0 Å². The fraction of sp³-hybridized carbons (Fsp3) is 1.00. The standard InChI is InChI=1S/C3H7Br2N/c1-2-3-6(4)5/h2-3H2,1H3. The molecule has 0 fully saturated rings. The third-order valence-corrected chi connectivity index (χ3v) is 1.10. The Balaban J connectivity index is 2.63. The molecule has 0 unspecified atom stereocenters. The Morgan fingerprint density at radius 2 is 2.00 bits per heavy atom. The molecule has 1 nitrogen and oxygen atoms in total. The molecule has 0 rings (SSSR count). The molecule has 0 radical (unpaired) electrons. The lowest BCUT2D eigenvalue weighted by Gasteiger charge is -1.97. The van der Waals surface area contributed by atoms with Crippen molar-refractivity contribution in [3.8, 4) is 0 Å². The lowest BCUT2D eigenvalue weighted by atomic mass is 10.5. The van der Waals surface area contributed by atoms with E-state index in [1.807, 2.05) is 0 Å². The van der Waals surface area contributed by atoms with Crippen LogP contribution in [0.25, 0.3) is 0 Å². The Morgan fingerprint density at radius 1 is 1.50 bits per heavy atom. The summed E-state index contributed by atoms with van der Waals surface area (Å²) < 4.78 is 1.81. The number of rotatable bonds is 2. The quantitative estimate of drug-likeness (QED) is 0.641. The third kappa shape index (κ3) is 4.92. The average Bonchev–Trinajstić information content (AvgIpc) is 1.35. The van der Waals surface area contributed by atoms with E-state index in [9.17, 15) is 0 Å². The van der Waals surface area contributed by atoms with Gasteiger partial charge in [0.15, 0.2) is 0 Å². The Bertz CT molecular complexity index is 30.0. The van der Waals surface area contributed by atoms with E-state index >= 15 is 0 Å². The highest BCUT2D eigenvalue weighted by atomic mass is 79.9. The summed E-state index contributed by atoms with van der Waals surface area (Å²) >= 11 is 6.37. The first-order chi connectivity index (χ1) is 2.77. The van der Waals surface area contributed by atoms with Gasteiger partial charge in [0.05, 0.1) is 0 Å². The molecule has 6 heavy (non-hydrogen) atoms. The zero-order valence-electron chi connectivity index (χ0n) is 3.62. The first-order valence-corrected chi connectivity index (χ1v) is 3.28. The highest BCUT2D eigenvalue weighted by Gasteiger charge is 1.85. The average molecular weight is 217 g/mol. The fourth-order valence-corrected chi connectivity index (χ4v) is 0.878. The minimum absolute atomic E-state index is 1.04. The summed E-state index contributed by atoms with van der Waals surface area (Å²) in [7, 11) is 0. The Kier molecular flexibility index (Phi) is 4.72. The lowest BCUT2D eigenvalue weighted by molar-refractivity contribution is 0.743. The first-order valence-electron chi connectivity index (χ1n) is 1.86. The van der Waals surface area contributed by atoms with Gasteiger partial charge in [-0.2, -0.15) is 2.95 Å². The van der Waals surface area contributed by atoms with Crippen LogP contribution in [0.1, 0.15) is 13.3 Å². The minimum atomic E-state index is 1.04. The van der Waals surface area contributed by atoms with E-state index in [2.05, 4.69) is 39.2 Å². The van der Waals surface area contributed by atoms with Crippen molar-refractivity contribution in [1.82, 2.24) is 2.95 Å². The van der Waals surface area contributed by atoms with E-state index < -0.39 is 0 Å². The molecular formula is C3H7Br2N. The Labute approximate surface area is 55.4 Å². The zero-order chi connectivity index (χ0) is 4.99. The van der Waals surface area contributed by atoms with Crippen molar-refractivity contribution in [1.29, 1.82) is 0 Å². The van der Waals surface area contributed by atoms with Gasteiger partial charge in [-0.05, 0) is 6.42 Å². The third-order valence-electron chi connectivity index (χ3n) is 0.393. The maximum atomic E-state index is 3.18.